The van der Waals surface area contributed by atoms with E-state index in [-0.39, 0.29) is 24.0 Å². The van der Waals surface area contributed by atoms with Gasteiger partial charge in [0.1, 0.15) is 5.82 Å². The third kappa shape index (κ3) is 2.79. The average molecular weight is 288 g/mol. The van der Waals surface area contributed by atoms with Crippen LogP contribution in [0.25, 0.3) is 0 Å². The first-order valence-electron chi connectivity index (χ1n) is 5.92. The first-order chi connectivity index (χ1) is 8.82. The molecule has 1 aliphatic rings. The van der Waals surface area contributed by atoms with Crippen molar-refractivity contribution >= 4 is 10.0 Å². The molecule has 1 heterocycles. The lowest BCUT2D eigenvalue weighted by atomic mass is 10.2. The van der Waals surface area contributed by atoms with E-state index in [1.165, 1.54) is 16.4 Å². The predicted octanol–water partition coefficient (Wildman–Crippen LogP) is 0.121. The number of β-amino-alcohol motifs (C(OH)–C–C–N with tert-alkyl or cyclic N) is 1. The van der Waals surface area contributed by atoms with Crippen LogP contribution >= 0.6 is 0 Å². The van der Waals surface area contributed by atoms with Crippen LogP contribution in [-0.2, 0) is 10.0 Å². The second-order valence-corrected chi connectivity index (χ2v) is 6.81. The largest absolute Gasteiger partial charge is 0.390 e. The Kier molecular flexibility index (Phi) is 3.91. The van der Waals surface area contributed by atoms with Crippen LogP contribution in [0, 0.1) is 5.82 Å². The van der Waals surface area contributed by atoms with Gasteiger partial charge in [0.25, 0.3) is 0 Å². The van der Waals surface area contributed by atoms with Gasteiger partial charge in [-0.2, -0.15) is 4.31 Å². The summed E-state index contributed by atoms with van der Waals surface area (Å²) >= 11 is 0. The summed E-state index contributed by atoms with van der Waals surface area (Å²) in [6, 6.07) is 4.47. The van der Waals surface area contributed by atoms with Gasteiger partial charge in [-0.15, -0.1) is 0 Å². The number of aliphatic hydroxyl groups excluding tert-OH is 1. The van der Waals surface area contributed by atoms with E-state index in [1.54, 1.807) is 19.0 Å². The highest BCUT2D eigenvalue weighted by Gasteiger charge is 2.39. The van der Waals surface area contributed by atoms with E-state index in [9.17, 15) is 17.9 Å². The lowest BCUT2D eigenvalue weighted by molar-refractivity contribution is 0.113. The van der Waals surface area contributed by atoms with E-state index in [1.807, 2.05) is 0 Å². The summed E-state index contributed by atoms with van der Waals surface area (Å²) < 4.78 is 38.7. The summed E-state index contributed by atoms with van der Waals surface area (Å²) in [7, 11) is -0.0877. The molecule has 0 spiro atoms. The van der Waals surface area contributed by atoms with Crippen LogP contribution in [0.1, 0.15) is 0 Å². The highest BCUT2D eigenvalue weighted by Crippen LogP contribution is 2.23. The zero-order valence-corrected chi connectivity index (χ0v) is 11.6. The number of hydrogen-bond donors (Lipinski definition) is 1. The van der Waals surface area contributed by atoms with E-state index in [0.717, 1.165) is 12.1 Å². The molecule has 1 aromatic carbocycles. The number of benzene rings is 1. The number of likely N-dealkylation sites (N-methyl/N-ethyl adjacent to an activating group) is 1. The van der Waals surface area contributed by atoms with E-state index in [2.05, 4.69) is 0 Å². The molecule has 7 heteroatoms. The van der Waals surface area contributed by atoms with Gasteiger partial charge >= 0.3 is 0 Å². The molecular formula is C12H17FN2O3S. The Hall–Kier alpha value is -1.02. The minimum atomic E-state index is -3.67. The van der Waals surface area contributed by atoms with Gasteiger partial charge in [-0.25, -0.2) is 12.8 Å². The number of sulfonamides is 1. The summed E-state index contributed by atoms with van der Waals surface area (Å²) in [4.78, 5) is 1.84. The third-order valence-corrected chi connectivity index (χ3v) is 5.19. The molecule has 19 heavy (non-hydrogen) atoms. The number of hydrogen-bond acceptors (Lipinski definition) is 4. The molecule has 0 amide bonds. The summed E-state index contributed by atoms with van der Waals surface area (Å²) in [5.41, 5.74) is 0. The molecule has 0 radical (unpaired) electrons. The molecule has 1 aromatic rings. The van der Waals surface area contributed by atoms with Gasteiger partial charge in [-0.1, -0.05) is 0 Å². The first-order valence-corrected chi connectivity index (χ1v) is 7.36. The van der Waals surface area contributed by atoms with Crippen LogP contribution in [-0.4, -0.2) is 62.1 Å². The summed E-state index contributed by atoms with van der Waals surface area (Å²) in [5.74, 6) is -0.480. The molecule has 1 aliphatic heterocycles. The fourth-order valence-corrected chi connectivity index (χ4v) is 3.67. The minimum Gasteiger partial charge on any atom is -0.390 e. The monoisotopic (exact) mass is 288 g/mol. The molecular weight excluding hydrogens is 271 g/mol. The molecule has 2 atom stereocenters. The van der Waals surface area contributed by atoms with Crippen molar-refractivity contribution in [2.45, 2.75) is 17.0 Å². The Balaban J connectivity index is 2.24. The lowest BCUT2D eigenvalue weighted by Crippen LogP contribution is -2.38. The Bertz CT molecular complexity index is 545. The van der Waals surface area contributed by atoms with Crippen molar-refractivity contribution in [2.75, 3.05) is 27.2 Å². The number of rotatable bonds is 3. The third-order valence-electron chi connectivity index (χ3n) is 3.34. The molecule has 1 saturated heterocycles. The van der Waals surface area contributed by atoms with Crippen LogP contribution in [0.15, 0.2) is 29.2 Å². The molecule has 2 rings (SSSR count). The first kappa shape index (κ1) is 14.4. The molecule has 0 aromatic heterocycles. The second-order valence-electron chi connectivity index (χ2n) is 4.87. The maximum atomic E-state index is 12.8. The predicted molar refractivity (Wildman–Crippen MR) is 68.6 cm³/mol. The second kappa shape index (κ2) is 5.16. The van der Waals surface area contributed by atoms with Crippen LogP contribution in [0.3, 0.4) is 0 Å². The molecule has 0 bridgehead atoms. The van der Waals surface area contributed by atoms with Crippen molar-refractivity contribution < 1.29 is 17.9 Å². The SMILES string of the molecule is CN(C)[C@H]1CN(S(=O)(=O)c2ccc(F)cc2)C[C@@H]1O. The van der Waals surface area contributed by atoms with Crippen LogP contribution in [0.2, 0.25) is 0 Å². The maximum absolute atomic E-state index is 12.8. The maximum Gasteiger partial charge on any atom is 0.243 e. The zero-order valence-electron chi connectivity index (χ0n) is 10.8. The Morgan fingerprint density at radius 3 is 2.32 bits per heavy atom. The van der Waals surface area contributed by atoms with E-state index in [0.29, 0.717) is 0 Å². The Labute approximate surface area is 112 Å². The van der Waals surface area contributed by atoms with E-state index >= 15 is 0 Å². The molecule has 106 valence electrons. The molecule has 0 aliphatic carbocycles. The van der Waals surface area contributed by atoms with Crippen molar-refractivity contribution in [3.05, 3.63) is 30.1 Å². The lowest BCUT2D eigenvalue weighted by Gasteiger charge is -2.21. The normalized spacial score (nSPS) is 25.1. The van der Waals surface area contributed by atoms with Gasteiger partial charge in [-0.3, -0.25) is 0 Å². The zero-order chi connectivity index (χ0) is 14.2. The smallest absolute Gasteiger partial charge is 0.243 e. The van der Waals surface area contributed by atoms with Crippen molar-refractivity contribution in [3.63, 3.8) is 0 Å². The van der Waals surface area contributed by atoms with Gasteiger partial charge in [0.05, 0.1) is 17.0 Å². The van der Waals surface area contributed by atoms with E-state index < -0.39 is 21.9 Å². The number of aliphatic hydroxyl groups is 1. The fourth-order valence-electron chi connectivity index (χ4n) is 2.19. The summed E-state index contributed by atoms with van der Waals surface area (Å²) in [5, 5.41) is 9.88. The van der Waals surface area contributed by atoms with E-state index in [4.69, 9.17) is 0 Å². The molecule has 5 nitrogen and oxygen atoms in total. The van der Waals surface area contributed by atoms with Crippen LogP contribution in [0.4, 0.5) is 4.39 Å². The highest BCUT2D eigenvalue weighted by atomic mass is 32.2. The van der Waals surface area contributed by atoms with Gasteiger partial charge in [0.2, 0.25) is 10.0 Å². The average Bonchev–Trinajstić information content (AvgIpc) is 2.72. The molecule has 0 saturated carbocycles. The topological polar surface area (TPSA) is 60.9 Å². The molecule has 1 fully saturated rings. The summed E-state index contributed by atoms with van der Waals surface area (Å²) in [6.45, 7) is 0.288. The van der Waals surface area contributed by atoms with Gasteiger partial charge < -0.3 is 10.0 Å². The van der Waals surface area contributed by atoms with Crippen molar-refractivity contribution in [2.24, 2.45) is 0 Å². The molecule has 0 unspecified atom stereocenters. The van der Waals surface area contributed by atoms with Gasteiger partial charge in [0.15, 0.2) is 0 Å². The van der Waals surface area contributed by atoms with Crippen molar-refractivity contribution in [1.29, 1.82) is 0 Å². The van der Waals surface area contributed by atoms with Crippen LogP contribution < -0.4 is 0 Å². The molecule has 1 N–H and O–H groups in total. The van der Waals surface area contributed by atoms with Crippen molar-refractivity contribution in [1.82, 2.24) is 9.21 Å². The standard InChI is InChI=1S/C12H17FN2O3S/c1-14(2)11-7-15(8-12(11)16)19(17,18)10-5-3-9(13)4-6-10/h3-6,11-12,16H,7-8H2,1-2H3/t11-,12-/m0/s1. The quantitative estimate of drug-likeness (QED) is 0.858. The fraction of sp³-hybridized carbons (Fsp3) is 0.500. The van der Waals surface area contributed by atoms with Gasteiger partial charge in [-0.05, 0) is 38.4 Å². The Morgan fingerprint density at radius 2 is 1.84 bits per heavy atom. The van der Waals surface area contributed by atoms with Gasteiger partial charge in [0, 0.05) is 13.1 Å². The minimum absolute atomic E-state index is 0.0421. The van der Waals surface area contributed by atoms with Crippen LogP contribution in [0.5, 0.6) is 0 Å². The van der Waals surface area contributed by atoms with Crippen molar-refractivity contribution in [3.8, 4) is 0 Å². The highest BCUT2D eigenvalue weighted by molar-refractivity contribution is 7.89. The number of halogens is 1. The Morgan fingerprint density at radius 1 is 1.26 bits per heavy atom. The summed E-state index contributed by atoms with van der Waals surface area (Å²) in [6.07, 6.45) is -0.717. The number of nitrogens with zero attached hydrogens (tertiary/aromatic N) is 2.